The molecule has 0 radical (unpaired) electrons. The molecule has 7 heteroatoms. The maximum atomic E-state index is 13.1. The van der Waals surface area contributed by atoms with E-state index in [2.05, 4.69) is 30.5 Å². The Balaban J connectivity index is 1.75. The van der Waals surface area contributed by atoms with Crippen LogP contribution in [-0.2, 0) is 15.4 Å². The van der Waals surface area contributed by atoms with Crippen LogP contribution in [0.15, 0.2) is 78.0 Å². The summed E-state index contributed by atoms with van der Waals surface area (Å²) in [6.07, 6.45) is 3.54. The molecule has 0 atom stereocenters. The van der Waals surface area contributed by atoms with E-state index in [0.717, 1.165) is 16.6 Å². The van der Waals surface area contributed by atoms with Crippen LogP contribution >= 0.6 is 11.6 Å². The van der Waals surface area contributed by atoms with Crippen LogP contribution in [0.3, 0.4) is 0 Å². The van der Waals surface area contributed by atoms with E-state index < -0.39 is 10.0 Å². The number of benzene rings is 2. The molecule has 0 fully saturated rings. The van der Waals surface area contributed by atoms with E-state index in [4.69, 9.17) is 11.6 Å². The second-order valence-corrected chi connectivity index (χ2v) is 10.3. The monoisotopic (exact) mass is 439 g/mol. The maximum absolute atomic E-state index is 13.1. The van der Waals surface area contributed by atoms with Crippen LogP contribution in [0.2, 0.25) is 5.02 Å². The molecule has 0 saturated heterocycles. The minimum absolute atomic E-state index is 0.0540. The smallest absolute Gasteiger partial charge is 0.261 e. The Labute approximate surface area is 181 Å². The summed E-state index contributed by atoms with van der Waals surface area (Å²) in [6, 6.07) is 17.7. The van der Waals surface area contributed by atoms with Gasteiger partial charge in [0.05, 0.1) is 16.3 Å². The molecular weight excluding hydrogens is 418 g/mol. The molecule has 4 rings (SSSR count). The molecule has 2 heterocycles. The lowest BCUT2D eigenvalue weighted by Crippen LogP contribution is -2.16. The second kappa shape index (κ2) is 7.45. The first-order valence-corrected chi connectivity index (χ1v) is 11.4. The van der Waals surface area contributed by atoms with Gasteiger partial charge in [-0.25, -0.2) is 13.4 Å². The molecule has 0 aliphatic rings. The number of aromatic nitrogens is 2. The normalized spacial score (nSPS) is 12.3. The predicted molar refractivity (Wildman–Crippen MR) is 122 cm³/mol. The molecule has 2 aromatic heterocycles. The van der Waals surface area contributed by atoms with Gasteiger partial charge in [-0.3, -0.25) is 9.29 Å². The molecule has 4 aromatic rings. The molecule has 0 spiro atoms. The Kier molecular flexibility index (Phi) is 5.08. The molecule has 0 saturated carbocycles. The fraction of sp³-hybridized carbons (Fsp3) is 0.174. The zero-order valence-electron chi connectivity index (χ0n) is 16.9. The van der Waals surface area contributed by atoms with Crippen molar-refractivity contribution in [3.8, 4) is 5.69 Å². The number of anilines is 1. The minimum Gasteiger partial charge on any atom is -0.299 e. The Bertz CT molecular complexity index is 1320. The van der Waals surface area contributed by atoms with Gasteiger partial charge in [0.2, 0.25) is 0 Å². The molecule has 0 aliphatic heterocycles. The first-order valence-electron chi connectivity index (χ1n) is 9.50. The quantitative estimate of drug-likeness (QED) is 0.438. The summed E-state index contributed by atoms with van der Waals surface area (Å²) in [6.45, 7) is 6.26. The van der Waals surface area contributed by atoms with E-state index in [1.54, 1.807) is 36.5 Å². The van der Waals surface area contributed by atoms with Crippen molar-refractivity contribution in [2.75, 3.05) is 4.72 Å². The van der Waals surface area contributed by atoms with Crippen LogP contribution in [0.5, 0.6) is 0 Å². The molecule has 0 unspecified atom stereocenters. The van der Waals surface area contributed by atoms with E-state index >= 15 is 0 Å². The number of sulfonamides is 1. The van der Waals surface area contributed by atoms with Gasteiger partial charge in [0.25, 0.3) is 10.0 Å². The second-order valence-electron chi connectivity index (χ2n) is 8.14. The number of halogens is 1. The summed E-state index contributed by atoms with van der Waals surface area (Å²) in [5.74, 6) is 0. The Morgan fingerprint density at radius 3 is 2.43 bits per heavy atom. The lowest BCUT2D eigenvalue weighted by atomic mass is 9.87. The fourth-order valence-electron chi connectivity index (χ4n) is 3.29. The first kappa shape index (κ1) is 20.4. The zero-order valence-corrected chi connectivity index (χ0v) is 18.5. The van der Waals surface area contributed by atoms with Crippen LogP contribution in [0.4, 0.5) is 5.69 Å². The third-order valence-corrected chi connectivity index (χ3v) is 6.56. The lowest BCUT2D eigenvalue weighted by molar-refractivity contribution is 0.587. The molecule has 0 bridgehead atoms. The highest BCUT2D eigenvalue weighted by Gasteiger charge is 2.20. The number of fused-ring (bicyclic) bond motifs is 1. The van der Waals surface area contributed by atoms with Crippen molar-refractivity contribution >= 4 is 38.3 Å². The van der Waals surface area contributed by atoms with Gasteiger partial charge < -0.3 is 0 Å². The fourth-order valence-corrected chi connectivity index (χ4v) is 4.53. The molecule has 0 aliphatic carbocycles. The van der Waals surface area contributed by atoms with E-state index in [1.807, 2.05) is 41.1 Å². The van der Waals surface area contributed by atoms with E-state index in [9.17, 15) is 8.42 Å². The van der Waals surface area contributed by atoms with Crippen LogP contribution in [0.1, 0.15) is 26.3 Å². The van der Waals surface area contributed by atoms with Crippen LogP contribution in [0.25, 0.3) is 16.7 Å². The largest absolute Gasteiger partial charge is 0.299 e. The van der Waals surface area contributed by atoms with Gasteiger partial charge in [-0.15, -0.1) is 0 Å². The van der Waals surface area contributed by atoms with E-state index in [1.165, 1.54) is 0 Å². The van der Waals surface area contributed by atoms with Gasteiger partial charge >= 0.3 is 0 Å². The van der Waals surface area contributed by atoms with Gasteiger partial charge in [0.15, 0.2) is 0 Å². The summed E-state index contributed by atoms with van der Waals surface area (Å²) < 4.78 is 30.7. The summed E-state index contributed by atoms with van der Waals surface area (Å²) in [5.41, 5.74) is 2.75. The maximum Gasteiger partial charge on any atom is 0.261 e. The zero-order chi connectivity index (χ0) is 21.5. The van der Waals surface area contributed by atoms with Gasteiger partial charge in [-0.05, 0) is 59.5 Å². The number of nitrogens with zero attached hydrogens (tertiary/aromatic N) is 2. The predicted octanol–water partition coefficient (Wildman–Crippen LogP) is 5.78. The highest BCUT2D eigenvalue weighted by Crippen LogP contribution is 2.30. The Hall–Kier alpha value is -2.83. The molecule has 0 amide bonds. The summed E-state index contributed by atoms with van der Waals surface area (Å²) in [7, 11) is -3.78. The Morgan fingerprint density at radius 2 is 1.73 bits per heavy atom. The van der Waals surface area contributed by atoms with Crippen LogP contribution in [-0.4, -0.2) is 18.0 Å². The number of rotatable bonds is 4. The van der Waals surface area contributed by atoms with E-state index in [0.29, 0.717) is 16.4 Å². The van der Waals surface area contributed by atoms with Crippen molar-refractivity contribution in [1.29, 1.82) is 0 Å². The molecule has 2 aromatic carbocycles. The minimum atomic E-state index is -3.78. The third kappa shape index (κ3) is 3.93. The molecule has 30 heavy (non-hydrogen) atoms. The number of hydrogen-bond donors (Lipinski definition) is 1. The first-order chi connectivity index (χ1) is 14.1. The highest BCUT2D eigenvalue weighted by molar-refractivity contribution is 7.92. The van der Waals surface area contributed by atoms with Crippen molar-refractivity contribution in [2.45, 2.75) is 31.1 Å². The summed E-state index contributed by atoms with van der Waals surface area (Å²) in [4.78, 5) is 4.62. The van der Waals surface area contributed by atoms with Crippen molar-refractivity contribution < 1.29 is 8.42 Å². The lowest BCUT2D eigenvalue weighted by Gasteiger charge is -2.19. The van der Waals surface area contributed by atoms with E-state index in [-0.39, 0.29) is 10.3 Å². The molecular formula is C23H22ClN3O2S. The molecule has 154 valence electrons. The Morgan fingerprint density at radius 1 is 1.00 bits per heavy atom. The number of pyridine rings is 1. The summed E-state index contributed by atoms with van der Waals surface area (Å²) >= 11 is 6.22. The molecule has 1 N–H and O–H groups in total. The standard InChI is InChI=1S/C23H22ClN3O2S/c1-23(2,3)17-6-9-19(10-7-17)30(28,29)26-20-11-8-18(24)15-21(20)27-14-12-16-5-4-13-25-22(16)27/h4-15,26H,1-3H3. The van der Waals surface area contributed by atoms with Gasteiger partial charge in [0, 0.05) is 22.8 Å². The van der Waals surface area contributed by atoms with Gasteiger partial charge in [-0.2, -0.15) is 0 Å². The van der Waals surface area contributed by atoms with Gasteiger partial charge in [0.1, 0.15) is 5.65 Å². The number of hydrogen-bond acceptors (Lipinski definition) is 3. The average Bonchev–Trinajstić information content (AvgIpc) is 3.13. The van der Waals surface area contributed by atoms with Crippen LogP contribution in [0, 0.1) is 0 Å². The highest BCUT2D eigenvalue weighted by atomic mass is 35.5. The topological polar surface area (TPSA) is 64.0 Å². The van der Waals surface area contributed by atoms with Crippen molar-refractivity contribution in [3.05, 3.63) is 83.6 Å². The molecule has 5 nitrogen and oxygen atoms in total. The third-order valence-electron chi connectivity index (χ3n) is 4.94. The van der Waals surface area contributed by atoms with Crippen molar-refractivity contribution in [1.82, 2.24) is 9.55 Å². The average molecular weight is 440 g/mol. The SMILES string of the molecule is CC(C)(C)c1ccc(S(=O)(=O)Nc2ccc(Cl)cc2-n2ccc3cccnc32)cc1. The van der Waals surface area contributed by atoms with Crippen molar-refractivity contribution in [3.63, 3.8) is 0 Å². The van der Waals surface area contributed by atoms with Gasteiger partial charge in [-0.1, -0.05) is 44.5 Å². The van der Waals surface area contributed by atoms with Crippen molar-refractivity contribution in [2.24, 2.45) is 0 Å². The van der Waals surface area contributed by atoms with Crippen LogP contribution < -0.4 is 4.72 Å². The summed E-state index contributed by atoms with van der Waals surface area (Å²) in [5, 5.41) is 1.45. The number of nitrogens with one attached hydrogen (secondary N) is 1.